The first-order valence-electron chi connectivity index (χ1n) is 11.5. The molecule has 0 aliphatic heterocycles. The van der Waals surface area contributed by atoms with Crippen molar-refractivity contribution in [2.75, 3.05) is 0 Å². The number of nitrogens with zero attached hydrogens (tertiary/aromatic N) is 4. The van der Waals surface area contributed by atoms with Crippen LogP contribution in [0.5, 0.6) is 0 Å². The van der Waals surface area contributed by atoms with Gasteiger partial charge in [0.25, 0.3) is 0 Å². The van der Waals surface area contributed by atoms with E-state index in [1.165, 1.54) is 11.1 Å². The van der Waals surface area contributed by atoms with Gasteiger partial charge in [-0.05, 0) is 40.5 Å². The van der Waals surface area contributed by atoms with E-state index >= 15 is 0 Å². The maximum Gasteiger partial charge on any atom is 0.168 e. The predicted octanol–water partition coefficient (Wildman–Crippen LogP) is 7.33. The van der Waals surface area contributed by atoms with E-state index in [1.807, 2.05) is 36.5 Å². The molecule has 2 aromatic heterocycles. The van der Waals surface area contributed by atoms with Crippen molar-refractivity contribution in [3.05, 3.63) is 134 Å². The SMILES string of the molecule is c1ccc(-c2ccc(-c3nnc(-c4ccccc4)n3-c3ccc(-c4cccnc4)cc3)cc2)cc1. The second-order valence-electron chi connectivity index (χ2n) is 8.28. The third kappa shape index (κ3) is 4.13. The summed E-state index contributed by atoms with van der Waals surface area (Å²) in [4.78, 5) is 4.24. The topological polar surface area (TPSA) is 43.6 Å². The normalized spacial score (nSPS) is 10.9. The highest BCUT2D eigenvalue weighted by Crippen LogP contribution is 2.31. The quantitative estimate of drug-likeness (QED) is 0.276. The molecule has 0 spiro atoms. The fraction of sp³-hybridized carbons (Fsp3) is 0. The Kier molecular flexibility index (Phi) is 5.45. The Hall–Kier alpha value is -4.83. The Morgan fingerprint density at radius 1 is 0.400 bits per heavy atom. The molecule has 0 aliphatic carbocycles. The summed E-state index contributed by atoms with van der Waals surface area (Å²) in [6.07, 6.45) is 3.67. The lowest BCUT2D eigenvalue weighted by molar-refractivity contribution is 1.07. The number of pyridine rings is 1. The lowest BCUT2D eigenvalue weighted by Gasteiger charge is -2.12. The molecule has 0 N–H and O–H groups in total. The van der Waals surface area contributed by atoms with Gasteiger partial charge in [-0.3, -0.25) is 9.55 Å². The molecule has 0 atom stereocenters. The molecule has 0 bridgehead atoms. The molecular formula is C31H22N4. The van der Waals surface area contributed by atoms with E-state index in [4.69, 9.17) is 0 Å². The summed E-state index contributed by atoms with van der Waals surface area (Å²) >= 11 is 0. The molecule has 6 rings (SSSR count). The number of aromatic nitrogens is 4. The molecule has 0 aliphatic rings. The maximum atomic E-state index is 4.63. The largest absolute Gasteiger partial charge is 0.275 e. The van der Waals surface area contributed by atoms with Crippen LogP contribution in [-0.2, 0) is 0 Å². The molecule has 4 nitrogen and oxygen atoms in total. The zero-order chi connectivity index (χ0) is 23.5. The lowest BCUT2D eigenvalue weighted by atomic mass is 10.0. The third-order valence-corrected chi connectivity index (χ3v) is 6.07. The summed E-state index contributed by atoms with van der Waals surface area (Å²) in [7, 11) is 0. The third-order valence-electron chi connectivity index (χ3n) is 6.07. The monoisotopic (exact) mass is 450 g/mol. The van der Waals surface area contributed by atoms with E-state index in [0.717, 1.165) is 39.6 Å². The van der Waals surface area contributed by atoms with Gasteiger partial charge in [-0.1, -0.05) is 103 Å². The van der Waals surface area contributed by atoms with Gasteiger partial charge in [0, 0.05) is 29.2 Å². The average molecular weight is 451 g/mol. The highest BCUT2D eigenvalue weighted by Gasteiger charge is 2.17. The molecule has 166 valence electrons. The van der Waals surface area contributed by atoms with E-state index < -0.39 is 0 Å². The Balaban J connectivity index is 1.45. The Morgan fingerprint density at radius 2 is 0.857 bits per heavy atom. The molecule has 0 saturated heterocycles. The minimum atomic E-state index is 0.803. The van der Waals surface area contributed by atoms with Crippen molar-refractivity contribution < 1.29 is 0 Å². The first kappa shape index (κ1) is 20.8. The van der Waals surface area contributed by atoms with Crippen LogP contribution in [0.2, 0.25) is 0 Å². The van der Waals surface area contributed by atoms with Crippen molar-refractivity contribution in [2.45, 2.75) is 0 Å². The summed E-state index contributed by atoms with van der Waals surface area (Å²) in [5, 5.41) is 9.23. The maximum absolute atomic E-state index is 4.63. The zero-order valence-electron chi connectivity index (χ0n) is 19.0. The Labute approximate surface area is 204 Å². The molecule has 0 amide bonds. The van der Waals surface area contributed by atoms with Crippen molar-refractivity contribution in [3.8, 4) is 50.7 Å². The van der Waals surface area contributed by atoms with Crippen LogP contribution < -0.4 is 0 Å². The molecule has 35 heavy (non-hydrogen) atoms. The number of hydrogen-bond donors (Lipinski definition) is 0. The van der Waals surface area contributed by atoms with Crippen LogP contribution in [0, 0.1) is 0 Å². The van der Waals surface area contributed by atoms with Crippen molar-refractivity contribution in [1.82, 2.24) is 19.7 Å². The molecule has 4 heteroatoms. The van der Waals surface area contributed by atoms with Gasteiger partial charge in [0.05, 0.1) is 0 Å². The molecular weight excluding hydrogens is 428 g/mol. The van der Waals surface area contributed by atoms with Crippen molar-refractivity contribution >= 4 is 0 Å². The van der Waals surface area contributed by atoms with Gasteiger partial charge < -0.3 is 0 Å². The van der Waals surface area contributed by atoms with Crippen LogP contribution in [0.1, 0.15) is 0 Å². The van der Waals surface area contributed by atoms with Gasteiger partial charge in [0.1, 0.15) is 0 Å². The predicted molar refractivity (Wildman–Crippen MR) is 141 cm³/mol. The fourth-order valence-electron chi connectivity index (χ4n) is 4.27. The van der Waals surface area contributed by atoms with Gasteiger partial charge in [0.15, 0.2) is 11.6 Å². The highest BCUT2D eigenvalue weighted by atomic mass is 15.3. The molecule has 2 heterocycles. The van der Waals surface area contributed by atoms with Crippen molar-refractivity contribution in [1.29, 1.82) is 0 Å². The molecule has 0 unspecified atom stereocenters. The Bertz CT molecular complexity index is 1540. The van der Waals surface area contributed by atoms with Gasteiger partial charge >= 0.3 is 0 Å². The number of rotatable bonds is 5. The van der Waals surface area contributed by atoms with Gasteiger partial charge in [-0.2, -0.15) is 0 Å². The van der Waals surface area contributed by atoms with Crippen LogP contribution in [-0.4, -0.2) is 19.7 Å². The van der Waals surface area contributed by atoms with Crippen LogP contribution >= 0.6 is 0 Å². The van der Waals surface area contributed by atoms with Crippen LogP contribution in [0.25, 0.3) is 50.7 Å². The van der Waals surface area contributed by atoms with Gasteiger partial charge in [-0.25, -0.2) is 0 Å². The summed E-state index contributed by atoms with van der Waals surface area (Å²) in [6, 6.07) is 41.5. The average Bonchev–Trinajstić information content (AvgIpc) is 3.40. The smallest absolute Gasteiger partial charge is 0.168 e. The number of benzene rings is 4. The zero-order valence-corrected chi connectivity index (χ0v) is 19.0. The molecule has 0 fully saturated rings. The minimum Gasteiger partial charge on any atom is -0.275 e. The van der Waals surface area contributed by atoms with Crippen molar-refractivity contribution in [3.63, 3.8) is 0 Å². The van der Waals surface area contributed by atoms with Gasteiger partial charge in [0.2, 0.25) is 0 Å². The molecule has 0 saturated carbocycles. The molecule has 6 aromatic rings. The first-order chi connectivity index (χ1) is 17.4. The standard InChI is InChI=1S/C31H22N4/c1-3-8-23(9-4-1)24-13-15-27(16-14-24)31-34-33-30(26-10-5-2-6-11-26)35(31)29-19-17-25(18-20-29)28-12-7-21-32-22-28/h1-22H. The van der Waals surface area contributed by atoms with E-state index in [9.17, 15) is 0 Å². The van der Waals surface area contributed by atoms with Crippen LogP contribution in [0.3, 0.4) is 0 Å². The lowest BCUT2D eigenvalue weighted by Crippen LogP contribution is -2.00. The Morgan fingerprint density at radius 3 is 1.46 bits per heavy atom. The summed E-state index contributed by atoms with van der Waals surface area (Å²) in [5.41, 5.74) is 7.59. The molecule has 4 aromatic carbocycles. The van der Waals surface area contributed by atoms with E-state index in [0.29, 0.717) is 0 Å². The summed E-state index contributed by atoms with van der Waals surface area (Å²) in [5.74, 6) is 1.61. The van der Waals surface area contributed by atoms with E-state index in [-0.39, 0.29) is 0 Å². The highest BCUT2D eigenvalue weighted by molar-refractivity contribution is 5.72. The first-order valence-corrected chi connectivity index (χ1v) is 11.5. The number of hydrogen-bond acceptors (Lipinski definition) is 3. The summed E-state index contributed by atoms with van der Waals surface area (Å²) < 4.78 is 2.12. The second-order valence-corrected chi connectivity index (χ2v) is 8.28. The van der Waals surface area contributed by atoms with Crippen LogP contribution in [0.4, 0.5) is 0 Å². The van der Waals surface area contributed by atoms with E-state index in [2.05, 4.69) is 111 Å². The second kappa shape index (κ2) is 9.20. The summed E-state index contributed by atoms with van der Waals surface area (Å²) in [6.45, 7) is 0. The van der Waals surface area contributed by atoms with Gasteiger partial charge in [-0.15, -0.1) is 10.2 Å². The van der Waals surface area contributed by atoms with Crippen LogP contribution in [0.15, 0.2) is 134 Å². The molecule has 0 radical (unpaired) electrons. The minimum absolute atomic E-state index is 0.803. The fourth-order valence-corrected chi connectivity index (χ4v) is 4.27. The van der Waals surface area contributed by atoms with E-state index in [1.54, 1.807) is 6.20 Å². The van der Waals surface area contributed by atoms with Crippen molar-refractivity contribution in [2.24, 2.45) is 0 Å².